The van der Waals surface area contributed by atoms with Crippen molar-refractivity contribution in [2.75, 3.05) is 18.6 Å². The van der Waals surface area contributed by atoms with Crippen molar-refractivity contribution in [1.82, 2.24) is 0 Å². The number of ether oxygens (including phenoxy) is 1. The van der Waals surface area contributed by atoms with Crippen molar-refractivity contribution in [2.45, 2.75) is 17.4 Å². The van der Waals surface area contributed by atoms with Crippen LogP contribution in [0.5, 0.6) is 0 Å². The zero-order chi connectivity index (χ0) is 13.1. The van der Waals surface area contributed by atoms with E-state index in [4.69, 9.17) is 5.73 Å². The Hall–Kier alpha value is -1.27. The summed E-state index contributed by atoms with van der Waals surface area (Å²) in [6.07, 6.45) is 0. The third-order valence-electron chi connectivity index (χ3n) is 2.12. The van der Waals surface area contributed by atoms with Gasteiger partial charge in [0.15, 0.2) is 5.60 Å². The monoisotopic (exact) mass is 259 g/mol. The number of benzene rings is 1. The van der Waals surface area contributed by atoms with E-state index in [1.165, 1.54) is 26.2 Å². The molecule has 1 atom stereocenters. The highest BCUT2D eigenvalue weighted by Gasteiger charge is 2.31. The van der Waals surface area contributed by atoms with Crippen LogP contribution in [-0.4, -0.2) is 29.5 Å². The topological polar surface area (TPSA) is 72.5 Å². The van der Waals surface area contributed by atoms with Crippen LogP contribution in [0, 0.1) is 5.82 Å². The molecule has 0 saturated heterocycles. The summed E-state index contributed by atoms with van der Waals surface area (Å²) in [5.74, 6) is -1.17. The van der Waals surface area contributed by atoms with Crippen LogP contribution in [0.4, 0.5) is 10.1 Å². The van der Waals surface area contributed by atoms with Crippen LogP contribution in [0.1, 0.15) is 6.92 Å². The molecule has 4 nitrogen and oxygen atoms in total. The van der Waals surface area contributed by atoms with E-state index in [2.05, 4.69) is 4.74 Å². The summed E-state index contributed by atoms with van der Waals surface area (Å²) in [6, 6.07) is 4.31. The molecule has 17 heavy (non-hydrogen) atoms. The first-order valence-corrected chi connectivity index (χ1v) is 5.84. The number of methoxy groups -OCH3 is 1. The molecule has 0 aromatic heterocycles. The molecule has 1 unspecified atom stereocenters. The molecule has 3 N–H and O–H groups in total. The number of carbonyl (C=O) groups excluding carboxylic acids is 1. The Bertz CT molecular complexity index is 423. The first kappa shape index (κ1) is 13.8. The van der Waals surface area contributed by atoms with Crippen LogP contribution in [0.25, 0.3) is 0 Å². The second-order valence-corrected chi connectivity index (χ2v) is 4.79. The van der Waals surface area contributed by atoms with Crippen molar-refractivity contribution in [3.05, 3.63) is 24.0 Å². The standard InChI is InChI=1S/C11H14FNO3S/c1-11(15,10(14)16-2)6-17-7-3-4-9(13)8(12)5-7/h3-5,15H,6,13H2,1-2H3. The highest BCUT2D eigenvalue weighted by atomic mass is 32.2. The number of nitrogens with two attached hydrogens (primary N) is 1. The lowest BCUT2D eigenvalue weighted by Crippen LogP contribution is -2.38. The third-order valence-corrected chi connectivity index (χ3v) is 3.41. The van der Waals surface area contributed by atoms with E-state index in [0.29, 0.717) is 4.90 Å². The maximum atomic E-state index is 13.1. The van der Waals surface area contributed by atoms with Crippen LogP contribution in [0.3, 0.4) is 0 Å². The molecule has 0 amide bonds. The predicted molar refractivity (Wildman–Crippen MR) is 64.2 cm³/mol. The maximum Gasteiger partial charge on any atom is 0.338 e. The summed E-state index contributed by atoms with van der Waals surface area (Å²) < 4.78 is 17.6. The van der Waals surface area contributed by atoms with Crippen LogP contribution in [0.2, 0.25) is 0 Å². The van der Waals surface area contributed by atoms with Gasteiger partial charge in [-0.15, -0.1) is 11.8 Å². The summed E-state index contributed by atoms with van der Waals surface area (Å²) >= 11 is 1.15. The van der Waals surface area contributed by atoms with E-state index >= 15 is 0 Å². The molecular formula is C11H14FNO3S. The quantitative estimate of drug-likeness (QED) is 0.486. The van der Waals surface area contributed by atoms with Gasteiger partial charge < -0.3 is 15.6 Å². The van der Waals surface area contributed by atoms with Crippen molar-refractivity contribution in [1.29, 1.82) is 0 Å². The Kier molecular flexibility index (Phi) is 4.36. The number of rotatable bonds is 4. The van der Waals surface area contributed by atoms with E-state index in [0.717, 1.165) is 11.8 Å². The van der Waals surface area contributed by atoms with Gasteiger partial charge in [0.25, 0.3) is 0 Å². The van der Waals surface area contributed by atoms with Gasteiger partial charge in [0.05, 0.1) is 12.8 Å². The SMILES string of the molecule is COC(=O)C(C)(O)CSc1ccc(N)c(F)c1. The number of hydrogen-bond donors (Lipinski definition) is 2. The number of esters is 1. The summed E-state index contributed by atoms with van der Waals surface area (Å²) in [7, 11) is 1.20. The van der Waals surface area contributed by atoms with E-state index in [-0.39, 0.29) is 11.4 Å². The summed E-state index contributed by atoms with van der Waals surface area (Å²) in [5, 5.41) is 9.75. The van der Waals surface area contributed by atoms with E-state index < -0.39 is 17.4 Å². The first-order valence-electron chi connectivity index (χ1n) is 4.85. The largest absolute Gasteiger partial charge is 0.467 e. The van der Waals surface area contributed by atoms with Crippen LogP contribution in [-0.2, 0) is 9.53 Å². The van der Waals surface area contributed by atoms with E-state index in [1.807, 2.05) is 0 Å². The second-order valence-electron chi connectivity index (χ2n) is 3.74. The average Bonchev–Trinajstić information content (AvgIpc) is 2.29. The molecule has 0 radical (unpaired) electrons. The Labute approximate surface area is 103 Å². The fourth-order valence-corrected chi connectivity index (χ4v) is 2.02. The van der Waals surface area contributed by atoms with Crippen molar-refractivity contribution in [3.63, 3.8) is 0 Å². The molecule has 0 heterocycles. The van der Waals surface area contributed by atoms with Gasteiger partial charge in [0.2, 0.25) is 0 Å². The zero-order valence-electron chi connectivity index (χ0n) is 9.57. The molecule has 0 aliphatic heterocycles. The van der Waals surface area contributed by atoms with Gasteiger partial charge in [0, 0.05) is 10.6 Å². The third kappa shape index (κ3) is 3.61. The lowest BCUT2D eigenvalue weighted by molar-refractivity contribution is -0.158. The summed E-state index contributed by atoms with van der Waals surface area (Å²) in [6.45, 7) is 1.35. The van der Waals surface area contributed by atoms with E-state index in [1.54, 1.807) is 6.07 Å². The molecule has 94 valence electrons. The number of aliphatic hydroxyl groups is 1. The highest BCUT2D eigenvalue weighted by molar-refractivity contribution is 7.99. The van der Waals surface area contributed by atoms with Crippen molar-refractivity contribution in [3.8, 4) is 0 Å². The predicted octanol–water partition coefficient (Wildman–Crippen LogP) is 1.42. The average molecular weight is 259 g/mol. The molecule has 0 bridgehead atoms. The normalized spacial score (nSPS) is 14.1. The van der Waals surface area contributed by atoms with Gasteiger partial charge in [-0.3, -0.25) is 0 Å². The number of nitrogen functional groups attached to an aromatic ring is 1. The number of anilines is 1. The minimum absolute atomic E-state index is 0.0640. The molecule has 0 aliphatic carbocycles. The smallest absolute Gasteiger partial charge is 0.338 e. The molecule has 1 aromatic carbocycles. The maximum absolute atomic E-state index is 13.1. The Morgan fingerprint density at radius 3 is 2.82 bits per heavy atom. The minimum atomic E-state index is -1.60. The minimum Gasteiger partial charge on any atom is -0.467 e. The first-order chi connectivity index (χ1) is 7.86. The fourth-order valence-electron chi connectivity index (χ4n) is 1.10. The van der Waals surface area contributed by atoms with Crippen molar-refractivity contribution in [2.24, 2.45) is 0 Å². The van der Waals surface area contributed by atoms with Crippen LogP contribution in [0.15, 0.2) is 23.1 Å². The molecule has 1 aromatic rings. The zero-order valence-corrected chi connectivity index (χ0v) is 10.4. The van der Waals surface area contributed by atoms with Crippen LogP contribution >= 0.6 is 11.8 Å². The van der Waals surface area contributed by atoms with E-state index in [9.17, 15) is 14.3 Å². The Morgan fingerprint density at radius 1 is 1.65 bits per heavy atom. The molecule has 0 aliphatic rings. The summed E-state index contributed by atoms with van der Waals surface area (Å²) in [5.41, 5.74) is 3.80. The van der Waals surface area contributed by atoms with Gasteiger partial charge in [-0.05, 0) is 25.1 Å². The van der Waals surface area contributed by atoms with Gasteiger partial charge in [-0.2, -0.15) is 0 Å². The molecule has 0 spiro atoms. The Morgan fingerprint density at radius 2 is 2.29 bits per heavy atom. The number of hydrogen-bond acceptors (Lipinski definition) is 5. The van der Waals surface area contributed by atoms with Gasteiger partial charge in [-0.25, -0.2) is 9.18 Å². The van der Waals surface area contributed by atoms with Crippen molar-refractivity contribution >= 4 is 23.4 Å². The summed E-state index contributed by atoms with van der Waals surface area (Å²) in [4.78, 5) is 11.8. The molecule has 1 rings (SSSR count). The number of halogens is 1. The van der Waals surface area contributed by atoms with Gasteiger partial charge in [-0.1, -0.05) is 0 Å². The lowest BCUT2D eigenvalue weighted by atomic mass is 10.1. The van der Waals surface area contributed by atoms with Gasteiger partial charge in [0.1, 0.15) is 5.82 Å². The highest BCUT2D eigenvalue weighted by Crippen LogP contribution is 2.25. The molecule has 6 heteroatoms. The number of carbonyl (C=O) groups is 1. The molecular weight excluding hydrogens is 245 g/mol. The van der Waals surface area contributed by atoms with Crippen LogP contribution < -0.4 is 5.73 Å². The van der Waals surface area contributed by atoms with Gasteiger partial charge >= 0.3 is 5.97 Å². The molecule has 0 saturated carbocycles. The van der Waals surface area contributed by atoms with Crippen molar-refractivity contribution < 1.29 is 19.0 Å². The molecule has 0 fully saturated rings. The number of thioether (sulfide) groups is 1. The second kappa shape index (κ2) is 5.37. The fraction of sp³-hybridized carbons (Fsp3) is 0.364. The Balaban J connectivity index is 2.67. The lowest BCUT2D eigenvalue weighted by Gasteiger charge is -2.19.